The van der Waals surface area contributed by atoms with Crippen LogP contribution in [-0.4, -0.2) is 24.9 Å². The molecule has 216 valence electrons. The maximum absolute atomic E-state index is 4.98. The minimum absolute atomic E-state index is 0.807. The highest BCUT2D eigenvalue weighted by Gasteiger charge is 2.15. The van der Waals surface area contributed by atoms with Crippen molar-refractivity contribution in [2.24, 2.45) is 0 Å². The molecule has 0 aliphatic carbocycles. The van der Waals surface area contributed by atoms with Crippen molar-refractivity contribution >= 4 is 10.8 Å². The highest BCUT2D eigenvalue weighted by Crippen LogP contribution is 2.38. The van der Waals surface area contributed by atoms with Crippen molar-refractivity contribution in [1.82, 2.24) is 24.9 Å². The number of hydrogen-bond acceptors (Lipinski definition) is 5. The average Bonchev–Trinajstić information content (AvgIpc) is 3.15. The Morgan fingerprint density at radius 3 is 1.35 bits per heavy atom. The molecule has 0 unspecified atom stereocenters. The lowest BCUT2D eigenvalue weighted by molar-refractivity contribution is 1.22. The van der Waals surface area contributed by atoms with Crippen LogP contribution in [0, 0.1) is 0 Å². The lowest BCUT2D eigenvalue weighted by atomic mass is 9.90. The second-order valence-corrected chi connectivity index (χ2v) is 11.0. The molecule has 0 aliphatic heterocycles. The van der Waals surface area contributed by atoms with Crippen LogP contribution < -0.4 is 0 Å². The van der Waals surface area contributed by atoms with E-state index in [0.717, 1.165) is 67.4 Å². The van der Waals surface area contributed by atoms with Crippen LogP contribution in [0.15, 0.2) is 164 Å². The predicted molar refractivity (Wildman–Crippen MR) is 186 cm³/mol. The summed E-state index contributed by atoms with van der Waals surface area (Å²) in [6.07, 6.45) is 7.24. The van der Waals surface area contributed by atoms with E-state index in [4.69, 9.17) is 4.98 Å². The fourth-order valence-electron chi connectivity index (χ4n) is 5.91. The van der Waals surface area contributed by atoms with Gasteiger partial charge in [-0.25, -0.2) is 4.98 Å². The van der Waals surface area contributed by atoms with E-state index < -0.39 is 0 Å². The molecular weight excluding hydrogens is 562 g/mol. The SMILES string of the molecule is c1ccc(-c2cc(-c3cccc(-c4ccc(-c5cc(-c6ccccn6)nc(-c6ccccn6)c5)c5ccccc45)c3)ccn2)nc1. The van der Waals surface area contributed by atoms with Crippen molar-refractivity contribution in [3.63, 3.8) is 0 Å². The molecule has 0 saturated carbocycles. The van der Waals surface area contributed by atoms with Crippen LogP contribution in [0.1, 0.15) is 0 Å². The van der Waals surface area contributed by atoms with Gasteiger partial charge in [0.05, 0.1) is 34.2 Å². The van der Waals surface area contributed by atoms with Crippen LogP contribution in [0.4, 0.5) is 0 Å². The molecule has 0 atom stereocenters. The molecule has 8 rings (SSSR count). The van der Waals surface area contributed by atoms with E-state index in [-0.39, 0.29) is 0 Å². The molecule has 5 heteroatoms. The fraction of sp³-hybridized carbons (Fsp3) is 0. The normalized spacial score (nSPS) is 11.0. The van der Waals surface area contributed by atoms with Gasteiger partial charge in [-0.15, -0.1) is 0 Å². The molecule has 0 bridgehead atoms. The van der Waals surface area contributed by atoms with Gasteiger partial charge in [-0.2, -0.15) is 0 Å². The lowest BCUT2D eigenvalue weighted by Gasteiger charge is -2.15. The number of aromatic nitrogens is 5. The molecule has 46 heavy (non-hydrogen) atoms. The second kappa shape index (κ2) is 12.0. The molecule has 8 aromatic rings. The van der Waals surface area contributed by atoms with E-state index >= 15 is 0 Å². The van der Waals surface area contributed by atoms with E-state index in [0.29, 0.717) is 0 Å². The minimum Gasteiger partial charge on any atom is -0.255 e. The van der Waals surface area contributed by atoms with Gasteiger partial charge in [-0.1, -0.05) is 72.8 Å². The van der Waals surface area contributed by atoms with E-state index in [9.17, 15) is 0 Å². The summed E-state index contributed by atoms with van der Waals surface area (Å²) in [5, 5.41) is 2.34. The van der Waals surface area contributed by atoms with Gasteiger partial charge >= 0.3 is 0 Å². The largest absolute Gasteiger partial charge is 0.255 e. The number of pyridine rings is 5. The van der Waals surface area contributed by atoms with E-state index in [1.165, 1.54) is 10.9 Å². The number of fused-ring (bicyclic) bond motifs is 1. The van der Waals surface area contributed by atoms with Gasteiger partial charge in [0.15, 0.2) is 0 Å². The van der Waals surface area contributed by atoms with Gasteiger partial charge < -0.3 is 0 Å². The summed E-state index contributed by atoms with van der Waals surface area (Å²) in [7, 11) is 0. The summed E-state index contributed by atoms with van der Waals surface area (Å²) >= 11 is 0. The topological polar surface area (TPSA) is 64.5 Å². The Morgan fingerprint density at radius 1 is 0.283 bits per heavy atom. The highest BCUT2D eigenvalue weighted by molar-refractivity contribution is 6.05. The number of rotatable bonds is 6. The summed E-state index contributed by atoms with van der Waals surface area (Å²) in [6, 6.07) is 47.8. The van der Waals surface area contributed by atoms with Crippen molar-refractivity contribution in [3.8, 4) is 67.5 Å². The van der Waals surface area contributed by atoms with Gasteiger partial charge in [0, 0.05) is 24.8 Å². The van der Waals surface area contributed by atoms with E-state index in [1.54, 1.807) is 18.6 Å². The Hall–Kier alpha value is -6.33. The van der Waals surface area contributed by atoms with Gasteiger partial charge in [-0.3, -0.25) is 19.9 Å². The molecular formula is C41H27N5. The average molecular weight is 590 g/mol. The zero-order chi connectivity index (χ0) is 30.7. The molecule has 0 amide bonds. The summed E-state index contributed by atoms with van der Waals surface area (Å²) < 4.78 is 0. The van der Waals surface area contributed by atoms with Gasteiger partial charge in [-0.05, 0) is 111 Å². The molecule has 0 spiro atoms. The first-order chi connectivity index (χ1) is 22.8. The molecule has 5 heterocycles. The first-order valence-corrected chi connectivity index (χ1v) is 15.2. The third-order valence-electron chi connectivity index (χ3n) is 8.11. The first kappa shape index (κ1) is 27.2. The molecule has 0 aliphatic rings. The van der Waals surface area contributed by atoms with Crippen LogP contribution in [-0.2, 0) is 0 Å². The van der Waals surface area contributed by atoms with Crippen LogP contribution in [0.3, 0.4) is 0 Å². The number of nitrogens with zero attached hydrogens (tertiary/aromatic N) is 5. The Bertz CT molecular complexity index is 2250. The van der Waals surface area contributed by atoms with Gasteiger partial charge in [0.2, 0.25) is 0 Å². The molecule has 0 saturated heterocycles. The summed E-state index contributed by atoms with van der Waals surface area (Å²) in [6.45, 7) is 0. The van der Waals surface area contributed by atoms with Crippen molar-refractivity contribution in [2.45, 2.75) is 0 Å². The third kappa shape index (κ3) is 5.31. The molecule has 5 nitrogen and oxygen atoms in total. The zero-order valence-electron chi connectivity index (χ0n) is 24.8. The molecule has 0 fully saturated rings. The molecule has 0 N–H and O–H groups in total. The van der Waals surface area contributed by atoms with Crippen molar-refractivity contribution in [1.29, 1.82) is 0 Å². The van der Waals surface area contributed by atoms with Gasteiger partial charge in [0.1, 0.15) is 0 Å². The van der Waals surface area contributed by atoms with Crippen LogP contribution in [0.25, 0.3) is 78.3 Å². The maximum Gasteiger partial charge on any atom is 0.0900 e. The Labute approximate surface area is 267 Å². The summed E-state index contributed by atoms with van der Waals surface area (Å²) in [5.41, 5.74) is 11.7. The van der Waals surface area contributed by atoms with E-state index in [1.807, 2.05) is 60.8 Å². The summed E-state index contributed by atoms with van der Waals surface area (Å²) in [4.78, 5) is 23.2. The van der Waals surface area contributed by atoms with Crippen molar-refractivity contribution in [3.05, 3.63) is 164 Å². The predicted octanol–water partition coefficient (Wildman–Crippen LogP) is 9.82. The van der Waals surface area contributed by atoms with Crippen molar-refractivity contribution < 1.29 is 0 Å². The smallest absolute Gasteiger partial charge is 0.0900 e. The zero-order valence-corrected chi connectivity index (χ0v) is 24.8. The summed E-state index contributed by atoms with van der Waals surface area (Å²) in [5.74, 6) is 0. The fourth-order valence-corrected chi connectivity index (χ4v) is 5.91. The number of hydrogen-bond donors (Lipinski definition) is 0. The maximum atomic E-state index is 4.98. The number of benzene rings is 3. The lowest BCUT2D eigenvalue weighted by Crippen LogP contribution is -1.94. The quantitative estimate of drug-likeness (QED) is 0.193. The minimum atomic E-state index is 0.807. The Balaban J connectivity index is 1.24. The standard InChI is InChI=1S/C41H27N5/c1-2-13-35-33(31-26-40(37-15-4-7-21-43-37)46-41(27-31)38-16-5-8-22-44-38)18-17-32(34(35)12-1)30-11-9-10-28(24-30)29-19-23-45-39(25-29)36-14-3-6-20-42-36/h1-27H. The van der Waals surface area contributed by atoms with Crippen molar-refractivity contribution in [2.75, 3.05) is 0 Å². The highest BCUT2D eigenvalue weighted by atomic mass is 14.8. The van der Waals surface area contributed by atoms with Crippen LogP contribution in [0.2, 0.25) is 0 Å². The van der Waals surface area contributed by atoms with Crippen LogP contribution in [0.5, 0.6) is 0 Å². The molecule has 5 aromatic heterocycles. The van der Waals surface area contributed by atoms with Gasteiger partial charge in [0.25, 0.3) is 0 Å². The second-order valence-electron chi connectivity index (χ2n) is 11.0. The third-order valence-corrected chi connectivity index (χ3v) is 8.11. The van der Waals surface area contributed by atoms with E-state index in [2.05, 4.69) is 105 Å². The Morgan fingerprint density at radius 2 is 0.761 bits per heavy atom. The molecule has 3 aromatic carbocycles. The molecule has 0 radical (unpaired) electrons. The monoisotopic (exact) mass is 589 g/mol. The Kier molecular flexibility index (Phi) is 7.09. The van der Waals surface area contributed by atoms with Crippen LogP contribution >= 0.6 is 0 Å². The first-order valence-electron chi connectivity index (χ1n) is 15.2.